The normalized spacial score (nSPS) is 18.6. The number of allylic oxidation sites excluding steroid dienone is 1. The van der Waals surface area contributed by atoms with Crippen LogP contribution in [-0.2, 0) is 4.79 Å². The van der Waals surface area contributed by atoms with E-state index in [0.29, 0.717) is 4.91 Å². The van der Waals surface area contributed by atoms with E-state index in [2.05, 4.69) is 21.2 Å². The Morgan fingerprint density at radius 1 is 1.38 bits per heavy atom. The van der Waals surface area contributed by atoms with E-state index < -0.39 is 0 Å². The molecule has 2 amide bonds. The summed E-state index contributed by atoms with van der Waals surface area (Å²) in [6.07, 6.45) is 0. The van der Waals surface area contributed by atoms with Crippen molar-refractivity contribution in [1.82, 2.24) is 5.32 Å². The van der Waals surface area contributed by atoms with Crippen molar-refractivity contribution < 1.29 is 9.59 Å². The SMILES string of the molecule is CC(=C1SC(=O)NC1=O)c1cccc(Br)c1. The van der Waals surface area contributed by atoms with E-state index in [9.17, 15) is 9.59 Å². The van der Waals surface area contributed by atoms with Gasteiger partial charge in [-0.25, -0.2) is 0 Å². The third-order valence-electron chi connectivity index (χ3n) is 2.21. The van der Waals surface area contributed by atoms with Crippen LogP contribution < -0.4 is 5.32 Å². The Morgan fingerprint density at radius 2 is 2.12 bits per heavy atom. The maximum Gasteiger partial charge on any atom is 0.290 e. The van der Waals surface area contributed by atoms with Gasteiger partial charge >= 0.3 is 0 Å². The maximum absolute atomic E-state index is 11.5. The predicted molar refractivity (Wildman–Crippen MR) is 67.9 cm³/mol. The molecule has 5 heteroatoms. The highest BCUT2D eigenvalue weighted by Gasteiger charge is 2.27. The number of benzene rings is 1. The lowest BCUT2D eigenvalue weighted by Crippen LogP contribution is -2.18. The van der Waals surface area contributed by atoms with E-state index in [-0.39, 0.29) is 11.1 Å². The number of halogens is 1. The summed E-state index contributed by atoms with van der Waals surface area (Å²) >= 11 is 4.32. The first-order chi connectivity index (χ1) is 7.58. The molecular formula is C11H8BrNO2S. The number of carbonyl (C=O) groups excluding carboxylic acids is 2. The molecule has 0 aromatic heterocycles. The van der Waals surface area contributed by atoms with Gasteiger partial charge in [0.1, 0.15) is 0 Å². The Labute approximate surface area is 105 Å². The van der Waals surface area contributed by atoms with E-state index in [0.717, 1.165) is 27.4 Å². The summed E-state index contributed by atoms with van der Waals surface area (Å²) in [5.41, 5.74) is 1.75. The van der Waals surface area contributed by atoms with Gasteiger partial charge in [0.05, 0.1) is 4.91 Å². The van der Waals surface area contributed by atoms with Crippen molar-refractivity contribution in [2.24, 2.45) is 0 Å². The summed E-state index contributed by atoms with van der Waals surface area (Å²) in [6.45, 7) is 1.84. The Morgan fingerprint density at radius 3 is 2.69 bits per heavy atom. The van der Waals surface area contributed by atoms with Crippen LogP contribution in [0.5, 0.6) is 0 Å². The minimum absolute atomic E-state index is 0.311. The third-order valence-corrected chi connectivity index (χ3v) is 3.69. The van der Waals surface area contributed by atoms with Gasteiger partial charge in [-0.2, -0.15) is 0 Å². The van der Waals surface area contributed by atoms with Gasteiger partial charge in [-0.1, -0.05) is 28.1 Å². The summed E-state index contributed by atoms with van der Waals surface area (Å²) in [5, 5.41) is 1.94. The predicted octanol–water partition coefficient (Wildman–Crippen LogP) is 3.16. The summed E-state index contributed by atoms with van der Waals surface area (Å²) in [7, 11) is 0. The van der Waals surface area contributed by atoms with Gasteiger partial charge in [0, 0.05) is 4.47 Å². The van der Waals surface area contributed by atoms with Gasteiger partial charge in [0.2, 0.25) is 0 Å². The van der Waals surface area contributed by atoms with Crippen LogP contribution in [-0.4, -0.2) is 11.1 Å². The fourth-order valence-electron chi connectivity index (χ4n) is 1.41. The van der Waals surface area contributed by atoms with Crippen molar-refractivity contribution in [3.8, 4) is 0 Å². The maximum atomic E-state index is 11.5. The van der Waals surface area contributed by atoms with Crippen LogP contribution in [0.3, 0.4) is 0 Å². The number of carbonyl (C=O) groups is 2. The fourth-order valence-corrected chi connectivity index (χ4v) is 2.56. The second-order valence-corrected chi connectivity index (χ2v) is 5.21. The second kappa shape index (κ2) is 4.43. The zero-order valence-corrected chi connectivity index (χ0v) is 10.8. The molecule has 0 bridgehead atoms. The summed E-state index contributed by atoms with van der Waals surface area (Å²) in [4.78, 5) is 23.0. The lowest BCUT2D eigenvalue weighted by Gasteiger charge is -2.03. The number of hydrogen-bond acceptors (Lipinski definition) is 3. The van der Waals surface area contributed by atoms with Gasteiger partial charge < -0.3 is 0 Å². The molecule has 1 saturated heterocycles. The third kappa shape index (κ3) is 2.20. The Hall–Kier alpha value is -1.07. The van der Waals surface area contributed by atoms with Crippen LogP contribution in [0.2, 0.25) is 0 Å². The number of imide groups is 1. The van der Waals surface area contributed by atoms with Crippen molar-refractivity contribution in [3.63, 3.8) is 0 Å². The first-order valence-corrected chi connectivity index (χ1v) is 6.19. The van der Waals surface area contributed by atoms with E-state index in [1.807, 2.05) is 31.2 Å². The van der Waals surface area contributed by atoms with E-state index in [4.69, 9.17) is 0 Å². The van der Waals surface area contributed by atoms with Crippen molar-refractivity contribution >= 4 is 44.4 Å². The summed E-state index contributed by atoms with van der Waals surface area (Å²) < 4.78 is 0.944. The number of nitrogens with one attached hydrogen (secondary N) is 1. The average molecular weight is 298 g/mol. The summed E-state index contributed by atoms with van der Waals surface area (Å²) in [5.74, 6) is -0.313. The number of hydrogen-bond donors (Lipinski definition) is 1. The lowest BCUT2D eigenvalue weighted by molar-refractivity contribution is -0.115. The van der Waals surface area contributed by atoms with Gasteiger partial charge in [-0.15, -0.1) is 0 Å². The van der Waals surface area contributed by atoms with Crippen LogP contribution in [0.1, 0.15) is 12.5 Å². The molecule has 1 aromatic carbocycles. The standard InChI is InChI=1S/C11H8BrNO2S/c1-6(7-3-2-4-8(12)5-7)9-10(14)13-11(15)16-9/h2-5H,1H3,(H,13,14,15). The molecule has 1 aliphatic rings. The summed E-state index contributed by atoms with van der Waals surface area (Å²) in [6, 6.07) is 7.62. The molecule has 1 heterocycles. The highest BCUT2D eigenvalue weighted by Crippen LogP contribution is 2.32. The van der Waals surface area contributed by atoms with Crippen molar-refractivity contribution in [3.05, 3.63) is 39.2 Å². The topological polar surface area (TPSA) is 46.2 Å². The zero-order valence-electron chi connectivity index (χ0n) is 8.41. The molecule has 0 unspecified atom stereocenters. The average Bonchev–Trinajstić information content (AvgIpc) is 2.57. The van der Waals surface area contributed by atoms with Gasteiger partial charge in [0.15, 0.2) is 0 Å². The Bertz CT molecular complexity index is 510. The fraction of sp³-hybridized carbons (Fsp3) is 0.0909. The molecule has 2 rings (SSSR count). The Kier molecular flexibility index (Phi) is 3.16. The molecule has 0 aliphatic carbocycles. The van der Waals surface area contributed by atoms with Crippen LogP contribution in [0.15, 0.2) is 33.6 Å². The van der Waals surface area contributed by atoms with Crippen LogP contribution in [0.4, 0.5) is 4.79 Å². The first kappa shape index (κ1) is 11.4. The molecule has 82 valence electrons. The molecule has 1 aliphatic heterocycles. The van der Waals surface area contributed by atoms with Gasteiger partial charge in [0.25, 0.3) is 11.1 Å². The van der Waals surface area contributed by atoms with Crippen LogP contribution >= 0.6 is 27.7 Å². The molecule has 0 saturated carbocycles. The largest absolute Gasteiger partial charge is 0.290 e. The van der Waals surface area contributed by atoms with E-state index >= 15 is 0 Å². The molecule has 0 spiro atoms. The Balaban J connectivity index is 2.45. The number of amides is 2. The molecular weight excluding hydrogens is 290 g/mol. The first-order valence-electron chi connectivity index (χ1n) is 4.58. The molecule has 16 heavy (non-hydrogen) atoms. The van der Waals surface area contributed by atoms with Crippen molar-refractivity contribution in [2.45, 2.75) is 6.92 Å². The molecule has 1 aromatic rings. The smallest absolute Gasteiger partial charge is 0.282 e. The second-order valence-electron chi connectivity index (χ2n) is 3.31. The quantitative estimate of drug-likeness (QED) is 0.810. The van der Waals surface area contributed by atoms with E-state index in [1.54, 1.807) is 0 Å². The van der Waals surface area contributed by atoms with Crippen LogP contribution in [0, 0.1) is 0 Å². The minimum Gasteiger partial charge on any atom is -0.282 e. The monoisotopic (exact) mass is 297 g/mol. The van der Waals surface area contributed by atoms with Crippen molar-refractivity contribution in [2.75, 3.05) is 0 Å². The van der Waals surface area contributed by atoms with Gasteiger partial charge in [-0.3, -0.25) is 14.9 Å². The highest BCUT2D eigenvalue weighted by atomic mass is 79.9. The molecule has 1 fully saturated rings. The number of rotatable bonds is 1. The highest BCUT2D eigenvalue weighted by molar-refractivity contribution is 9.10. The molecule has 0 atom stereocenters. The zero-order chi connectivity index (χ0) is 11.7. The van der Waals surface area contributed by atoms with Gasteiger partial charge in [-0.05, 0) is 42.0 Å². The minimum atomic E-state index is -0.313. The molecule has 1 N–H and O–H groups in total. The van der Waals surface area contributed by atoms with E-state index in [1.165, 1.54) is 0 Å². The van der Waals surface area contributed by atoms with Crippen molar-refractivity contribution in [1.29, 1.82) is 0 Å². The van der Waals surface area contributed by atoms with Crippen LogP contribution in [0.25, 0.3) is 5.57 Å². The molecule has 0 radical (unpaired) electrons. The molecule has 3 nitrogen and oxygen atoms in total. The lowest BCUT2D eigenvalue weighted by atomic mass is 10.1. The number of thioether (sulfide) groups is 1.